The van der Waals surface area contributed by atoms with Crippen LogP contribution in [0.3, 0.4) is 0 Å². The molecule has 1 fully saturated rings. The van der Waals surface area contributed by atoms with Crippen LogP contribution in [0.5, 0.6) is 0 Å². The Bertz CT molecular complexity index is 620. The van der Waals surface area contributed by atoms with E-state index in [1.807, 2.05) is 0 Å². The van der Waals surface area contributed by atoms with Crippen LogP contribution >= 0.6 is 11.6 Å². The summed E-state index contributed by atoms with van der Waals surface area (Å²) in [6.45, 7) is 2.82. The quantitative estimate of drug-likeness (QED) is 0.828. The fraction of sp³-hybridized carbons (Fsp3) is 0.462. The Morgan fingerprint density at radius 2 is 2.29 bits per heavy atom. The van der Waals surface area contributed by atoms with Gasteiger partial charge in [-0.3, -0.25) is 4.79 Å². The highest BCUT2D eigenvalue weighted by Crippen LogP contribution is 2.22. The van der Waals surface area contributed by atoms with E-state index < -0.39 is 22.0 Å². The van der Waals surface area contributed by atoms with Crippen LogP contribution < -0.4 is 5.32 Å². The first kappa shape index (κ1) is 16.2. The van der Waals surface area contributed by atoms with Gasteiger partial charge in [0.25, 0.3) is 0 Å². The van der Waals surface area contributed by atoms with Crippen LogP contribution in [-0.4, -0.2) is 51.0 Å². The SMILES string of the molecule is CCOC(=O)C1CNCCN1S(=O)(=O)c1cccc(Cl)c1. The normalized spacial score (nSPS) is 20.2. The summed E-state index contributed by atoms with van der Waals surface area (Å²) in [6, 6.07) is 5.15. The van der Waals surface area contributed by atoms with E-state index in [0.29, 0.717) is 11.6 Å². The number of halogens is 1. The Kier molecular flexibility index (Phi) is 5.21. The number of hydrogen-bond donors (Lipinski definition) is 1. The molecule has 116 valence electrons. The van der Waals surface area contributed by atoms with Crippen LogP contribution in [0.1, 0.15) is 6.92 Å². The highest BCUT2D eigenvalue weighted by molar-refractivity contribution is 7.89. The molecule has 0 spiro atoms. The van der Waals surface area contributed by atoms with Gasteiger partial charge in [-0.2, -0.15) is 4.31 Å². The van der Waals surface area contributed by atoms with Crippen molar-refractivity contribution in [3.63, 3.8) is 0 Å². The number of sulfonamides is 1. The largest absolute Gasteiger partial charge is 0.465 e. The van der Waals surface area contributed by atoms with Crippen molar-refractivity contribution in [1.29, 1.82) is 0 Å². The summed E-state index contributed by atoms with van der Waals surface area (Å²) in [6.07, 6.45) is 0. The predicted octanol–water partition coefficient (Wildman–Crippen LogP) is 0.866. The summed E-state index contributed by atoms with van der Waals surface area (Å²) in [7, 11) is -3.79. The van der Waals surface area contributed by atoms with Crippen molar-refractivity contribution >= 4 is 27.6 Å². The summed E-state index contributed by atoms with van der Waals surface area (Å²) in [5, 5.41) is 3.34. The molecule has 1 aliphatic rings. The van der Waals surface area contributed by atoms with Gasteiger partial charge in [0, 0.05) is 24.7 Å². The summed E-state index contributed by atoms with van der Waals surface area (Å²) in [4.78, 5) is 12.0. The standard InChI is InChI=1S/C13H17ClN2O4S/c1-2-20-13(17)12-9-15-6-7-16(12)21(18,19)11-5-3-4-10(14)8-11/h3-5,8,12,15H,2,6-7,9H2,1H3. The maximum Gasteiger partial charge on any atom is 0.325 e. The summed E-state index contributed by atoms with van der Waals surface area (Å²) in [5.41, 5.74) is 0. The Morgan fingerprint density at radius 3 is 2.95 bits per heavy atom. The molecule has 21 heavy (non-hydrogen) atoms. The third-order valence-corrected chi connectivity index (χ3v) is 5.29. The lowest BCUT2D eigenvalue weighted by atomic mass is 10.2. The molecule has 1 aromatic carbocycles. The van der Waals surface area contributed by atoms with Crippen molar-refractivity contribution in [2.45, 2.75) is 17.9 Å². The van der Waals surface area contributed by atoms with Gasteiger partial charge in [-0.25, -0.2) is 8.42 Å². The van der Waals surface area contributed by atoms with E-state index in [2.05, 4.69) is 5.32 Å². The minimum absolute atomic E-state index is 0.0752. The molecule has 0 amide bonds. The second kappa shape index (κ2) is 6.74. The highest BCUT2D eigenvalue weighted by atomic mass is 35.5. The fourth-order valence-corrected chi connectivity index (χ4v) is 4.06. The van der Waals surface area contributed by atoms with Crippen LogP contribution in [0, 0.1) is 0 Å². The lowest BCUT2D eigenvalue weighted by molar-refractivity contribution is -0.148. The molecule has 0 aliphatic carbocycles. The van der Waals surface area contributed by atoms with Crippen molar-refractivity contribution in [3.05, 3.63) is 29.3 Å². The number of hydrogen-bond acceptors (Lipinski definition) is 5. The Hall–Kier alpha value is -1.15. The van der Waals surface area contributed by atoms with Gasteiger partial charge in [0.1, 0.15) is 6.04 Å². The molecule has 2 rings (SSSR count). The van der Waals surface area contributed by atoms with Gasteiger partial charge in [0.2, 0.25) is 10.0 Å². The number of esters is 1. The first-order chi connectivity index (χ1) is 9.96. The van der Waals surface area contributed by atoms with Crippen LogP contribution in [0.4, 0.5) is 0 Å². The number of benzene rings is 1. The smallest absolute Gasteiger partial charge is 0.325 e. The average molecular weight is 333 g/mol. The molecule has 1 unspecified atom stereocenters. The maximum absolute atomic E-state index is 12.7. The van der Waals surface area contributed by atoms with Gasteiger partial charge < -0.3 is 10.1 Å². The molecule has 1 aliphatic heterocycles. The molecule has 1 saturated heterocycles. The van der Waals surface area contributed by atoms with Gasteiger partial charge in [0.05, 0.1) is 11.5 Å². The second-order valence-corrected chi connectivity index (χ2v) is 6.87. The Labute approximate surface area is 129 Å². The first-order valence-corrected chi connectivity index (χ1v) is 8.43. The van der Waals surface area contributed by atoms with Crippen LogP contribution in [0.25, 0.3) is 0 Å². The van der Waals surface area contributed by atoms with E-state index in [4.69, 9.17) is 16.3 Å². The minimum Gasteiger partial charge on any atom is -0.465 e. The third kappa shape index (κ3) is 3.55. The van der Waals surface area contributed by atoms with E-state index >= 15 is 0 Å². The fourth-order valence-electron chi connectivity index (χ4n) is 2.18. The molecule has 6 nitrogen and oxygen atoms in total. The average Bonchev–Trinajstić information content (AvgIpc) is 2.47. The lowest BCUT2D eigenvalue weighted by Gasteiger charge is -2.33. The molecule has 1 heterocycles. The molecule has 0 radical (unpaired) electrons. The highest BCUT2D eigenvalue weighted by Gasteiger charge is 2.38. The topological polar surface area (TPSA) is 75.7 Å². The van der Waals surface area contributed by atoms with Crippen molar-refractivity contribution in [1.82, 2.24) is 9.62 Å². The number of carbonyl (C=O) groups is 1. The number of rotatable bonds is 4. The summed E-state index contributed by atoms with van der Waals surface area (Å²) < 4.78 is 31.5. The minimum atomic E-state index is -3.79. The number of piperazine rings is 1. The van der Waals surface area contributed by atoms with Crippen molar-refractivity contribution in [3.8, 4) is 0 Å². The summed E-state index contributed by atoms with van der Waals surface area (Å²) >= 11 is 5.85. The van der Waals surface area contributed by atoms with Crippen LogP contribution in [0.2, 0.25) is 5.02 Å². The zero-order valence-electron chi connectivity index (χ0n) is 11.6. The van der Waals surface area contributed by atoms with Crippen molar-refractivity contribution in [2.75, 3.05) is 26.2 Å². The van der Waals surface area contributed by atoms with Gasteiger partial charge in [-0.15, -0.1) is 0 Å². The number of nitrogens with zero attached hydrogens (tertiary/aromatic N) is 1. The predicted molar refractivity (Wildman–Crippen MR) is 78.6 cm³/mol. The van der Waals surface area contributed by atoms with Gasteiger partial charge in [-0.05, 0) is 25.1 Å². The molecular weight excluding hydrogens is 316 g/mol. The van der Waals surface area contributed by atoms with E-state index in [1.54, 1.807) is 19.1 Å². The van der Waals surface area contributed by atoms with Crippen LogP contribution in [-0.2, 0) is 19.6 Å². The number of carbonyl (C=O) groups excluding carboxylic acids is 1. The third-order valence-electron chi connectivity index (χ3n) is 3.16. The monoisotopic (exact) mass is 332 g/mol. The van der Waals surface area contributed by atoms with Crippen LogP contribution in [0.15, 0.2) is 29.2 Å². The van der Waals surface area contributed by atoms with Gasteiger partial charge in [-0.1, -0.05) is 17.7 Å². The Balaban J connectivity index is 2.34. The molecule has 0 bridgehead atoms. The zero-order chi connectivity index (χ0) is 15.5. The molecule has 8 heteroatoms. The Morgan fingerprint density at radius 1 is 1.52 bits per heavy atom. The number of nitrogens with one attached hydrogen (secondary N) is 1. The van der Waals surface area contributed by atoms with E-state index in [-0.39, 0.29) is 24.6 Å². The molecule has 1 atom stereocenters. The molecule has 1 N–H and O–H groups in total. The summed E-state index contributed by atoms with van der Waals surface area (Å²) in [5.74, 6) is -0.546. The zero-order valence-corrected chi connectivity index (χ0v) is 13.2. The maximum atomic E-state index is 12.7. The molecule has 0 aromatic heterocycles. The van der Waals surface area contributed by atoms with E-state index in [0.717, 1.165) is 0 Å². The second-order valence-electron chi connectivity index (χ2n) is 4.55. The van der Waals surface area contributed by atoms with Gasteiger partial charge in [0.15, 0.2) is 0 Å². The molecular formula is C13H17ClN2O4S. The number of ether oxygens (including phenoxy) is 1. The van der Waals surface area contributed by atoms with Crippen molar-refractivity contribution in [2.24, 2.45) is 0 Å². The van der Waals surface area contributed by atoms with E-state index in [9.17, 15) is 13.2 Å². The van der Waals surface area contributed by atoms with Gasteiger partial charge >= 0.3 is 5.97 Å². The van der Waals surface area contributed by atoms with E-state index in [1.165, 1.54) is 16.4 Å². The lowest BCUT2D eigenvalue weighted by Crippen LogP contribution is -2.57. The molecule has 1 aromatic rings. The first-order valence-electron chi connectivity index (χ1n) is 6.61. The van der Waals surface area contributed by atoms with Crippen molar-refractivity contribution < 1.29 is 17.9 Å². The molecule has 0 saturated carbocycles.